The van der Waals surface area contributed by atoms with Crippen LogP contribution in [0.15, 0.2) is 42.3 Å². The molecule has 0 radical (unpaired) electrons. The third kappa shape index (κ3) is 4.12. The van der Waals surface area contributed by atoms with Crippen LogP contribution >= 0.6 is 11.3 Å². The fourth-order valence-electron chi connectivity index (χ4n) is 4.84. The minimum atomic E-state index is 0.0307. The molecule has 1 atom stereocenters. The summed E-state index contributed by atoms with van der Waals surface area (Å²) < 4.78 is 12.6. The molecule has 1 aromatic carbocycles. The van der Waals surface area contributed by atoms with E-state index in [1.165, 1.54) is 0 Å². The number of aromatic amines is 1. The van der Waals surface area contributed by atoms with E-state index in [0.717, 1.165) is 32.9 Å². The van der Waals surface area contributed by atoms with E-state index in [0.29, 0.717) is 37.0 Å². The van der Waals surface area contributed by atoms with Crippen molar-refractivity contribution in [1.82, 2.24) is 34.4 Å². The molecule has 0 spiro atoms. The molecular weight excluding hydrogens is 492 g/mol. The number of carbonyl (C=O) groups is 1. The Morgan fingerprint density at radius 2 is 1.97 bits per heavy atom. The van der Waals surface area contributed by atoms with Gasteiger partial charge in [0.2, 0.25) is 5.91 Å². The number of H-pyrrole nitrogens is 1. The molecule has 6 rings (SSSR count). The van der Waals surface area contributed by atoms with Crippen molar-refractivity contribution in [2.45, 2.75) is 19.5 Å². The van der Waals surface area contributed by atoms with E-state index in [1.54, 1.807) is 38.1 Å². The molecular formula is C25H26N8O3S. The quantitative estimate of drug-likeness (QED) is 0.365. The van der Waals surface area contributed by atoms with Crippen molar-refractivity contribution in [2.24, 2.45) is 0 Å². The number of aromatic nitrogens is 6. The summed E-state index contributed by atoms with van der Waals surface area (Å²) in [5.41, 5.74) is 5.75. The first kappa shape index (κ1) is 23.2. The van der Waals surface area contributed by atoms with Gasteiger partial charge in [0.05, 0.1) is 37.1 Å². The van der Waals surface area contributed by atoms with Crippen molar-refractivity contribution >= 4 is 44.4 Å². The Kier molecular flexibility index (Phi) is 5.87. The summed E-state index contributed by atoms with van der Waals surface area (Å²) in [7, 11) is 3.22. The molecule has 12 heteroatoms. The zero-order valence-electron chi connectivity index (χ0n) is 20.7. The summed E-state index contributed by atoms with van der Waals surface area (Å²) in [6.07, 6.45) is 3.40. The number of benzene rings is 1. The number of hydrogen-bond donors (Lipinski definition) is 1. The number of nitrogens with zero attached hydrogens (tertiary/aromatic N) is 7. The average molecular weight is 519 g/mol. The lowest BCUT2D eigenvalue weighted by molar-refractivity contribution is -0.134. The maximum Gasteiger partial charge on any atom is 0.242 e. The maximum atomic E-state index is 13.2. The Hall–Kier alpha value is -4.19. The number of ether oxygens (including phenoxy) is 2. The number of carbonyl (C=O) groups excluding carboxylic acids is 1. The molecule has 0 saturated carbocycles. The van der Waals surface area contributed by atoms with Crippen LogP contribution in [0.4, 0.5) is 5.00 Å². The molecule has 1 N–H and O–H groups in total. The summed E-state index contributed by atoms with van der Waals surface area (Å²) in [6.45, 7) is 4.32. The number of fused-ring (bicyclic) bond motifs is 2. The summed E-state index contributed by atoms with van der Waals surface area (Å²) in [5.74, 6) is 2.01. The topological polar surface area (TPSA) is 114 Å². The molecule has 1 fully saturated rings. The van der Waals surface area contributed by atoms with Gasteiger partial charge in [-0.25, -0.2) is 19.9 Å². The second kappa shape index (κ2) is 9.36. The minimum Gasteiger partial charge on any atom is -0.493 e. The number of hydrogen-bond acceptors (Lipinski definition) is 9. The van der Waals surface area contributed by atoms with Gasteiger partial charge in [-0.1, -0.05) is 0 Å². The van der Waals surface area contributed by atoms with Crippen molar-refractivity contribution in [3.63, 3.8) is 0 Å². The van der Waals surface area contributed by atoms with E-state index in [1.807, 2.05) is 39.2 Å². The molecule has 37 heavy (non-hydrogen) atoms. The lowest BCUT2D eigenvalue weighted by atomic mass is 10.2. The van der Waals surface area contributed by atoms with Gasteiger partial charge in [-0.3, -0.25) is 4.79 Å². The van der Waals surface area contributed by atoms with E-state index in [2.05, 4.69) is 31.8 Å². The number of piperazine rings is 1. The van der Waals surface area contributed by atoms with Gasteiger partial charge in [0, 0.05) is 44.0 Å². The van der Waals surface area contributed by atoms with E-state index in [9.17, 15) is 4.79 Å². The number of anilines is 1. The number of nitrogens with one attached hydrogen (secondary N) is 1. The third-order valence-electron chi connectivity index (χ3n) is 6.68. The van der Waals surface area contributed by atoms with Crippen LogP contribution in [0.5, 0.6) is 11.5 Å². The normalized spacial score (nSPS) is 16.0. The van der Waals surface area contributed by atoms with Crippen molar-refractivity contribution < 1.29 is 14.3 Å². The number of methoxy groups -OCH3 is 2. The summed E-state index contributed by atoms with van der Waals surface area (Å²) >= 11 is 1.57. The van der Waals surface area contributed by atoms with E-state index in [4.69, 9.17) is 14.5 Å². The Morgan fingerprint density at radius 3 is 2.78 bits per heavy atom. The van der Waals surface area contributed by atoms with Gasteiger partial charge < -0.3 is 28.8 Å². The minimum absolute atomic E-state index is 0.0307. The monoisotopic (exact) mass is 518 g/mol. The van der Waals surface area contributed by atoms with Gasteiger partial charge in [-0.15, -0.1) is 11.3 Å². The van der Waals surface area contributed by atoms with E-state index < -0.39 is 0 Å². The van der Waals surface area contributed by atoms with Crippen LogP contribution in [0.3, 0.4) is 0 Å². The van der Waals surface area contributed by atoms with Gasteiger partial charge in [-0.05, 0) is 19.1 Å². The molecule has 0 aliphatic carbocycles. The first-order valence-electron chi connectivity index (χ1n) is 11.9. The maximum absolute atomic E-state index is 13.2. The van der Waals surface area contributed by atoms with E-state index >= 15 is 0 Å². The summed E-state index contributed by atoms with van der Waals surface area (Å²) in [5, 5.41) is 1.03. The standard InChI is InChI=1S/C25H26N8O3S/c1-15-11-31(7-8-33(15)21(34)12-32-13-27-16-5-4-6-26-24(16)32)25-22(28-14-37-25)23-29-17-9-19(35-2)20(36-3)10-18(17)30-23/h4-6,9-10,13-15H,7-8,11-12H2,1-3H3,(H,29,30). The highest BCUT2D eigenvalue weighted by atomic mass is 32.1. The van der Waals surface area contributed by atoms with Gasteiger partial charge in [0.1, 0.15) is 22.8 Å². The molecule has 1 amide bonds. The van der Waals surface area contributed by atoms with E-state index in [-0.39, 0.29) is 18.5 Å². The highest BCUT2D eigenvalue weighted by Gasteiger charge is 2.30. The Bertz CT molecular complexity index is 1550. The average Bonchev–Trinajstić information content (AvgIpc) is 3.65. The molecule has 1 aliphatic rings. The lowest BCUT2D eigenvalue weighted by Gasteiger charge is -2.40. The third-order valence-corrected chi connectivity index (χ3v) is 7.56. The predicted octanol–water partition coefficient (Wildman–Crippen LogP) is 3.19. The van der Waals surface area contributed by atoms with Crippen molar-refractivity contribution in [3.05, 3.63) is 42.3 Å². The Morgan fingerprint density at radius 1 is 1.14 bits per heavy atom. The fraction of sp³-hybridized carbons (Fsp3) is 0.320. The Labute approximate surface area is 216 Å². The van der Waals surface area contributed by atoms with Crippen molar-refractivity contribution in [3.8, 4) is 23.0 Å². The summed E-state index contributed by atoms with van der Waals surface area (Å²) in [6, 6.07) is 7.50. The molecule has 5 heterocycles. The SMILES string of the molecule is COc1cc2nc(-c3ncsc3N3CCN(C(=O)Cn4cnc5cccnc54)C(C)C3)[nH]c2cc1OC. The van der Waals surface area contributed by atoms with Gasteiger partial charge in [0.15, 0.2) is 23.0 Å². The van der Waals surface area contributed by atoms with Crippen LogP contribution in [0.1, 0.15) is 6.92 Å². The molecule has 0 bridgehead atoms. The zero-order valence-corrected chi connectivity index (χ0v) is 21.5. The van der Waals surface area contributed by atoms with Gasteiger partial charge in [-0.2, -0.15) is 0 Å². The largest absolute Gasteiger partial charge is 0.493 e. The molecule has 1 aliphatic heterocycles. The van der Waals surface area contributed by atoms with Crippen LogP contribution in [0.2, 0.25) is 0 Å². The van der Waals surface area contributed by atoms with Gasteiger partial charge in [0.25, 0.3) is 0 Å². The molecule has 1 unspecified atom stereocenters. The highest BCUT2D eigenvalue weighted by Crippen LogP contribution is 2.37. The summed E-state index contributed by atoms with van der Waals surface area (Å²) in [4.78, 5) is 38.9. The van der Waals surface area contributed by atoms with Gasteiger partial charge >= 0.3 is 0 Å². The van der Waals surface area contributed by atoms with Crippen LogP contribution in [-0.2, 0) is 11.3 Å². The molecule has 11 nitrogen and oxygen atoms in total. The number of imidazole rings is 2. The number of amides is 1. The predicted molar refractivity (Wildman–Crippen MR) is 141 cm³/mol. The molecule has 5 aromatic rings. The van der Waals surface area contributed by atoms with Crippen molar-refractivity contribution in [1.29, 1.82) is 0 Å². The Balaban J connectivity index is 1.19. The van der Waals surface area contributed by atoms with Crippen LogP contribution in [0.25, 0.3) is 33.7 Å². The first-order chi connectivity index (χ1) is 18.1. The second-order valence-corrected chi connectivity index (χ2v) is 9.75. The highest BCUT2D eigenvalue weighted by molar-refractivity contribution is 7.14. The zero-order chi connectivity index (χ0) is 25.5. The molecule has 190 valence electrons. The fourth-order valence-corrected chi connectivity index (χ4v) is 5.67. The number of rotatable bonds is 6. The first-order valence-corrected chi connectivity index (χ1v) is 12.8. The number of thiazole rings is 1. The van der Waals surface area contributed by atoms with Crippen LogP contribution in [-0.4, -0.2) is 80.2 Å². The molecule has 1 saturated heterocycles. The van der Waals surface area contributed by atoms with Crippen molar-refractivity contribution in [2.75, 3.05) is 38.8 Å². The smallest absolute Gasteiger partial charge is 0.242 e. The number of pyridine rings is 1. The molecule has 4 aromatic heterocycles. The van der Waals surface area contributed by atoms with Crippen LogP contribution < -0.4 is 14.4 Å². The van der Waals surface area contributed by atoms with Crippen LogP contribution in [0, 0.1) is 0 Å². The lowest BCUT2D eigenvalue weighted by Crippen LogP contribution is -2.54. The second-order valence-electron chi connectivity index (χ2n) is 8.92.